The average Bonchev–Trinajstić information content (AvgIpc) is 3.34. The SMILES string of the molecule is Cc1cc(NC(=O)C2CCN(c3ccc(-n4cccn4)nn3)CC2)c2ccccc2n1. The van der Waals surface area contributed by atoms with Gasteiger partial charge in [0.05, 0.1) is 11.2 Å². The van der Waals surface area contributed by atoms with E-state index in [1.54, 1.807) is 10.9 Å². The van der Waals surface area contributed by atoms with Crippen molar-refractivity contribution in [3.8, 4) is 5.82 Å². The minimum absolute atomic E-state index is 0.0280. The summed E-state index contributed by atoms with van der Waals surface area (Å²) in [5, 5.41) is 16.9. The Morgan fingerprint density at radius 2 is 1.81 bits per heavy atom. The predicted octanol–water partition coefficient (Wildman–Crippen LogP) is 3.37. The Balaban J connectivity index is 1.23. The number of carbonyl (C=O) groups is 1. The Bertz CT molecular complexity index is 1200. The smallest absolute Gasteiger partial charge is 0.227 e. The van der Waals surface area contributed by atoms with Crippen molar-refractivity contribution in [3.05, 3.63) is 66.6 Å². The van der Waals surface area contributed by atoms with Crippen LogP contribution in [0.1, 0.15) is 18.5 Å². The van der Waals surface area contributed by atoms with Crippen LogP contribution < -0.4 is 10.2 Å². The number of piperidine rings is 1. The van der Waals surface area contributed by atoms with Gasteiger partial charge in [0.25, 0.3) is 0 Å². The molecule has 1 aliphatic rings. The van der Waals surface area contributed by atoms with E-state index in [1.165, 1.54) is 0 Å². The summed E-state index contributed by atoms with van der Waals surface area (Å²) < 4.78 is 1.68. The number of aromatic nitrogens is 5. The van der Waals surface area contributed by atoms with E-state index in [0.29, 0.717) is 5.82 Å². The maximum atomic E-state index is 13.0. The molecule has 31 heavy (non-hydrogen) atoms. The number of fused-ring (bicyclic) bond motifs is 1. The predicted molar refractivity (Wildman–Crippen MR) is 119 cm³/mol. The van der Waals surface area contributed by atoms with Crippen LogP contribution in [0.25, 0.3) is 16.7 Å². The third kappa shape index (κ3) is 3.96. The second-order valence-electron chi connectivity index (χ2n) is 7.78. The molecule has 5 rings (SSSR count). The molecule has 1 aliphatic heterocycles. The number of hydrogen-bond donors (Lipinski definition) is 1. The van der Waals surface area contributed by atoms with Gasteiger partial charge >= 0.3 is 0 Å². The number of hydrogen-bond acceptors (Lipinski definition) is 6. The van der Waals surface area contributed by atoms with E-state index >= 15 is 0 Å². The topological polar surface area (TPSA) is 88.8 Å². The Labute approximate surface area is 179 Å². The quantitative estimate of drug-likeness (QED) is 0.552. The van der Waals surface area contributed by atoms with Crippen LogP contribution in [0.4, 0.5) is 11.5 Å². The van der Waals surface area contributed by atoms with E-state index in [-0.39, 0.29) is 11.8 Å². The van der Waals surface area contributed by atoms with Gasteiger partial charge in [0.15, 0.2) is 11.6 Å². The van der Waals surface area contributed by atoms with Crippen LogP contribution >= 0.6 is 0 Å². The van der Waals surface area contributed by atoms with Gasteiger partial charge in [0.1, 0.15) is 0 Å². The van der Waals surface area contributed by atoms with Gasteiger partial charge in [0, 0.05) is 42.5 Å². The highest BCUT2D eigenvalue weighted by atomic mass is 16.1. The third-order valence-electron chi connectivity index (χ3n) is 5.67. The molecule has 0 bridgehead atoms. The van der Waals surface area contributed by atoms with Crippen LogP contribution in [0.3, 0.4) is 0 Å². The van der Waals surface area contributed by atoms with E-state index in [1.807, 2.05) is 61.7 Å². The zero-order valence-electron chi connectivity index (χ0n) is 17.3. The highest BCUT2D eigenvalue weighted by Gasteiger charge is 2.26. The van der Waals surface area contributed by atoms with Crippen molar-refractivity contribution in [3.63, 3.8) is 0 Å². The molecule has 1 fully saturated rings. The first-order valence-electron chi connectivity index (χ1n) is 10.4. The minimum Gasteiger partial charge on any atom is -0.355 e. The highest BCUT2D eigenvalue weighted by molar-refractivity contribution is 6.01. The number of nitrogens with zero attached hydrogens (tertiary/aromatic N) is 6. The molecular weight excluding hydrogens is 390 g/mol. The van der Waals surface area contributed by atoms with E-state index in [2.05, 4.69) is 30.5 Å². The van der Waals surface area contributed by atoms with E-state index in [9.17, 15) is 4.79 Å². The summed E-state index contributed by atoms with van der Waals surface area (Å²) in [5.41, 5.74) is 2.61. The van der Waals surface area contributed by atoms with Crippen LogP contribution in [0.5, 0.6) is 0 Å². The Morgan fingerprint density at radius 1 is 1.03 bits per heavy atom. The molecule has 1 saturated heterocycles. The summed E-state index contributed by atoms with van der Waals surface area (Å²) in [4.78, 5) is 19.7. The molecule has 0 unspecified atom stereocenters. The first-order valence-corrected chi connectivity index (χ1v) is 10.4. The Morgan fingerprint density at radius 3 is 2.55 bits per heavy atom. The lowest BCUT2D eigenvalue weighted by Crippen LogP contribution is -2.38. The van der Waals surface area contributed by atoms with Crippen LogP contribution in [0, 0.1) is 12.8 Å². The van der Waals surface area contributed by atoms with Gasteiger partial charge in [-0.2, -0.15) is 5.10 Å². The number of aryl methyl sites for hydroxylation is 1. The van der Waals surface area contributed by atoms with E-state index < -0.39 is 0 Å². The lowest BCUT2D eigenvalue weighted by atomic mass is 9.95. The van der Waals surface area contributed by atoms with Crippen LogP contribution in [0.15, 0.2) is 60.9 Å². The number of carbonyl (C=O) groups excluding carboxylic acids is 1. The summed E-state index contributed by atoms with van der Waals surface area (Å²) in [6.07, 6.45) is 5.09. The van der Waals surface area contributed by atoms with Crippen LogP contribution in [0.2, 0.25) is 0 Å². The summed E-state index contributed by atoms with van der Waals surface area (Å²) in [6, 6.07) is 15.5. The molecule has 0 spiro atoms. The third-order valence-corrected chi connectivity index (χ3v) is 5.67. The molecule has 1 N–H and O–H groups in total. The van der Waals surface area contributed by atoms with Gasteiger partial charge in [-0.15, -0.1) is 10.2 Å². The number of para-hydroxylation sites is 1. The largest absolute Gasteiger partial charge is 0.355 e. The van der Waals surface area contributed by atoms with E-state index in [0.717, 1.165) is 54.0 Å². The number of rotatable bonds is 4. The lowest BCUT2D eigenvalue weighted by Gasteiger charge is -2.31. The fourth-order valence-electron chi connectivity index (χ4n) is 4.03. The zero-order chi connectivity index (χ0) is 21.2. The van der Waals surface area contributed by atoms with E-state index in [4.69, 9.17) is 0 Å². The summed E-state index contributed by atoms with van der Waals surface area (Å²) >= 11 is 0. The molecular formula is C23H23N7O. The zero-order valence-corrected chi connectivity index (χ0v) is 17.3. The molecule has 8 heteroatoms. The number of pyridine rings is 1. The Kier molecular flexibility index (Phi) is 5.03. The van der Waals surface area contributed by atoms with Gasteiger partial charge < -0.3 is 10.2 Å². The molecule has 156 valence electrons. The van der Waals surface area contributed by atoms with Crippen molar-refractivity contribution in [1.29, 1.82) is 0 Å². The van der Waals surface area contributed by atoms with Crippen molar-refractivity contribution in [2.75, 3.05) is 23.3 Å². The van der Waals surface area contributed by atoms with Crippen molar-refractivity contribution in [2.45, 2.75) is 19.8 Å². The van der Waals surface area contributed by atoms with Gasteiger partial charge in [-0.25, -0.2) is 4.68 Å². The fraction of sp³-hybridized carbons (Fsp3) is 0.261. The molecule has 1 aromatic carbocycles. The molecule has 4 aromatic rings. The first-order chi connectivity index (χ1) is 15.2. The average molecular weight is 413 g/mol. The number of nitrogens with one attached hydrogen (secondary N) is 1. The summed E-state index contributed by atoms with van der Waals surface area (Å²) in [6.45, 7) is 3.48. The van der Waals surface area contributed by atoms with Gasteiger partial charge in [-0.3, -0.25) is 9.78 Å². The first kappa shape index (κ1) is 19.2. The number of benzene rings is 1. The molecule has 3 aromatic heterocycles. The van der Waals surface area contributed by atoms with Crippen molar-refractivity contribution >= 4 is 28.3 Å². The molecule has 0 radical (unpaired) electrons. The highest BCUT2D eigenvalue weighted by Crippen LogP contribution is 2.26. The number of amides is 1. The lowest BCUT2D eigenvalue weighted by molar-refractivity contribution is -0.120. The minimum atomic E-state index is -0.0280. The monoisotopic (exact) mass is 413 g/mol. The van der Waals surface area contributed by atoms with Crippen molar-refractivity contribution < 1.29 is 4.79 Å². The second-order valence-corrected chi connectivity index (χ2v) is 7.78. The van der Waals surface area contributed by atoms with Crippen molar-refractivity contribution in [2.24, 2.45) is 5.92 Å². The molecule has 0 atom stereocenters. The van der Waals surface area contributed by atoms with Crippen LogP contribution in [-0.4, -0.2) is 44.0 Å². The molecule has 8 nitrogen and oxygen atoms in total. The van der Waals surface area contributed by atoms with Gasteiger partial charge in [0.2, 0.25) is 5.91 Å². The summed E-state index contributed by atoms with van der Waals surface area (Å²) in [7, 11) is 0. The molecule has 4 heterocycles. The molecule has 1 amide bonds. The van der Waals surface area contributed by atoms with Crippen molar-refractivity contribution in [1.82, 2.24) is 25.0 Å². The maximum absolute atomic E-state index is 13.0. The number of anilines is 2. The van der Waals surface area contributed by atoms with Crippen LogP contribution in [-0.2, 0) is 4.79 Å². The molecule has 0 saturated carbocycles. The molecule has 0 aliphatic carbocycles. The standard InChI is InChI=1S/C23H23N7O/c1-16-15-20(18-5-2-3-6-19(18)25-16)26-23(31)17-9-13-29(14-10-17)21-7-8-22(28-27-21)30-12-4-11-24-30/h2-8,11-12,15,17H,9-10,13-14H2,1H3,(H,25,26,31). The van der Waals surface area contributed by atoms with Gasteiger partial charge in [-0.05, 0) is 50.1 Å². The Hall–Kier alpha value is -3.81. The fourth-order valence-corrected chi connectivity index (χ4v) is 4.03. The second kappa shape index (κ2) is 8.14. The van der Waals surface area contributed by atoms with Gasteiger partial charge in [-0.1, -0.05) is 18.2 Å². The summed E-state index contributed by atoms with van der Waals surface area (Å²) in [5.74, 6) is 1.55. The maximum Gasteiger partial charge on any atom is 0.227 e. The normalized spacial score (nSPS) is 14.7.